The average molecular weight is 416 g/mol. The summed E-state index contributed by atoms with van der Waals surface area (Å²) in [6.07, 6.45) is 0. The first kappa shape index (κ1) is 20.2. The quantitative estimate of drug-likeness (QED) is 0.320. The third kappa shape index (κ3) is 4.43. The maximum absolute atomic E-state index is 12.4. The molecule has 4 rings (SSSR count). The smallest absolute Gasteiger partial charge is 0.336 e. The van der Waals surface area contributed by atoms with Crippen LogP contribution in [0.5, 0.6) is 17.2 Å². The van der Waals surface area contributed by atoms with Gasteiger partial charge in [-0.1, -0.05) is 24.3 Å². The second kappa shape index (κ2) is 8.75. The van der Waals surface area contributed by atoms with Crippen molar-refractivity contribution in [2.24, 2.45) is 0 Å². The van der Waals surface area contributed by atoms with Crippen LogP contribution in [0.15, 0.2) is 82.0 Å². The number of benzene rings is 3. The zero-order valence-electron chi connectivity index (χ0n) is 17.1. The maximum Gasteiger partial charge on any atom is 0.336 e. The summed E-state index contributed by atoms with van der Waals surface area (Å²) in [6.45, 7) is -0.152. The molecule has 1 aromatic heterocycles. The van der Waals surface area contributed by atoms with E-state index < -0.39 is 5.63 Å². The van der Waals surface area contributed by atoms with Crippen LogP contribution in [0, 0.1) is 0 Å². The van der Waals surface area contributed by atoms with Crippen LogP contribution >= 0.6 is 0 Å². The van der Waals surface area contributed by atoms with E-state index in [1.165, 1.54) is 6.07 Å². The highest BCUT2D eigenvalue weighted by atomic mass is 16.5. The number of fused-ring (bicyclic) bond motifs is 1. The zero-order valence-corrected chi connectivity index (χ0v) is 17.1. The molecule has 0 aliphatic rings. The number of hydrogen-bond acceptors (Lipinski definition) is 6. The molecule has 0 spiro atoms. The molecule has 31 heavy (non-hydrogen) atoms. The van der Waals surface area contributed by atoms with Gasteiger partial charge in [-0.3, -0.25) is 4.79 Å². The summed E-state index contributed by atoms with van der Waals surface area (Å²) in [6, 6.07) is 20.9. The molecule has 0 aliphatic carbocycles. The highest BCUT2D eigenvalue weighted by Gasteiger charge is 2.12. The van der Waals surface area contributed by atoms with Crippen LogP contribution in [0.2, 0.25) is 0 Å². The lowest BCUT2D eigenvalue weighted by Crippen LogP contribution is -2.11. The van der Waals surface area contributed by atoms with Crippen molar-refractivity contribution in [2.75, 3.05) is 20.8 Å². The predicted octanol–water partition coefficient (Wildman–Crippen LogP) is 4.74. The lowest BCUT2D eigenvalue weighted by atomic mass is 10.0. The van der Waals surface area contributed by atoms with Gasteiger partial charge in [0.2, 0.25) is 0 Å². The number of ketones is 1. The van der Waals surface area contributed by atoms with Crippen molar-refractivity contribution in [2.45, 2.75) is 0 Å². The molecule has 156 valence electrons. The van der Waals surface area contributed by atoms with E-state index in [-0.39, 0.29) is 12.4 Å². The van der Waals surface area contributed by atoms with Crippen molar-refractivity contribution in [3.8, 4) is 28.4 Å². The third-order valence-electron chi connectivity index (χ3n) is 4.88. The maximum atomic E-state index is 12.4. The summed E-state index contributed by atoms with van der Waals surface area (Å²) >= 11 is 0. The molecule has 0 atom stereocenters. The average Bonchev–Trinajstić information content (AvgIpc) is 2.81. The molecular weight excluding hydrogens is 396 g/mol. The molecule has 6 nitrogen and oxygen atoms in total. The monoisotopic (exact) mass is 416 g/mol. The first-order chi connectivity index (χ1) is 15.1. The molecule has 6 heteroatoms. The van der Waals surface area contributed by atoms with Crippen LogP contribution < -0.4 is 19.8 Å². The van der Waals surface area contributed by atoms with Gasteiger partial charge in [-0.05, 0) is 47.5 Å². The van der Waals surface area contributed by atoms with Gasteiger partial charge in [-0.2, -0.15) is 0 Å². The van der Waals surface area contributed by atoms with E-state index >= 15 is 0 Å². The molecule has 0 saturated carbocycles. The largest absolute Gasteiger partial charge is 0.497 e. The minimum atomic E-state index is -0.470. The van der Waals surface area contributed by atoms with E-state index in [4.69, 9.17) is 18.6 Å². The molecule has 0 N–H and O–H groups in total. The Morgan fingerprint density at radius 3 is 2.32 bits per heavy atom. The third-order valence-corrected chi connectivity index (χ3v) is 4.88. The van der Waals surface area contributed by atoms with Gasteiger partial charge in [0.05, 0.1) is 14.2 Å². The fourth-order valence-electron chi connectivity index (χ4n) is 3.27. The Morgan fingerprint density at radius 1 is 0.839 bits per heavy atom. The number of carbonyl (C=O) groups is 1. The number of carbonyl (C=O) groups excluding carboxylic acids is 1. The van der Waals surface area contributed by atoms with Crippen molar-refractivity contribution in [3.05, 3.63) is 88.8 Å². The van der Waals surface area contributed by atoms with E-state index in [1.807, 2.05) is 30.3 Å². The lowest BCUT2D eigenvalue weighted by molar-refractivity contribution is 0.0921. The molecule has 0 saturated heterocycles. The van der Waals surface area contributed by atoms with Crippen molar-refractivity contribution in [3.63, 3.8) is 0 Å². The van der Waals surface area contributed by atoms with Crippen molar-refractivity contribution >= 4 is 16.8 Å². The summed E-state index contributed by atoms with van der Waals surface area (Å²) in [7, 11) is 3.14. The summed E-state index contributed by atoms with van der Waals surface area (Å²) < 4.78 is 21.4. The van der Waals surface area contributed by atoms with E-state index in [9.17, 15) is 9.59 Å². The Labute approximate surface area is 178 Å². The number of rotatable bonds is 7. The van der Waals surface area contributed by atoms with Gasteiger partial charge >= 0.3 is 5.63 Å². The Morgan fingerprint density at radius 2 is 1.58 bits per heavy atom. The summed E-state index contributed by atoms with van der Waals surface area (Å²) in [5.74, 6) is 1.57. The molecule has 0 aliphatic heterocycles. The number of methoxy groups -OCH3 is 2. The van der Waals surface area contributed by atoms with Crippen LogP contribution in [-0.4, -0.2) is 26.6 Å². The Bertz CT molecular complexity index is 1290. The van der Waals surface area contributed by atoms with Gasteiger partial charge in [0.15, 0.2) is 12.4 Å². The Kier molecular flexibility index (Phi) is 5.71. The van der Waals surface area contributed by atoms with E-state index in [1.54, 1.807) is 50.6 Å². The summed E-state index contributed by atoms with van der Waals surface area (Å²) in [5.41, 5.74) is 2.01. The normalized spacial score (nSPS) is 10.6. The molecule has 3 aromatic carbocycles. The van der Waals surface area contributed by atoms with Crippen LogP contribution in [0.4, 0.5) is 0 Å². The topological polar surface area (TPSA) is 75.0 Å². The van der Waals surface area contributed by atoms with Gasteiger partial charge in [-0.25, -0.2) is 4.79 Å². The molecular formula is C25H20O6. The SMILES string of the molecule is COc1ccc(-c2cc(=O)oc3cc(OCC(=O)c4cccc(OC)c4)ccc23)cc1. The number of Topliss-reactive ketones (excluding diaryl/α,β-unsaturated/α-hetero) is 1. The van der Waals surface area contributed by atoms with Gasteiger partial charge in [0.1, 0.15) is 22.8 Å². The highest BCUT2D eigenvalue weighted by Crippen LogP contribution is 2.30. The second-order valence-electron chi connectivity index (χ2n) is 6.81. The predicted molar refractivity (Wildman–Crippen MR) is 117 cm³/mol. The first-order valence-electron chi connectivity index (χ1n) is 9.60. The van der Waals surface area contributed by atoms with Crippen molar-refractivity contribution < 1.29 is 23.4 Å². The van der Waals surface area contributed by atoms with E-state index in [0.717, 1.165) is 22.3 Å². The first-order valence-corrected chi connectivity index (χ1v) is 9.60. The molecule has 1 heterocycles. The number of ether oxygens (including phenoxy) is 3. The standard InChI is InChI=1S/C25H20O6/c1-28-18-8-6-16(7-9-18)22-14-25(27)31-24-13-20(10-11-21(22)24)30-15-23(26)17-4-3-5-19(12-17)29-2/h3-14H,15H2,1-2H3. The van der Waals surface area contributed by atoms with Crippen molar-refractivity contribution in [1.29, 1.82) is 0 Å². The summed E-state index contributed by atoms with van der Waals surface area (Å²) in [4.78, 5) is 24.6. The van der Waals surface area contributed by atoms with Crippen molar-refractivity contribution in [1.82, 2.24) is 0 Å². The fourth-order valence-corrected chi connectivity index (χ4v) is 3.27. The fraction of sp³-hybridized carbons (Fsp3) is 0.120. The second-order valence-corrected chi connectivity index (χ2v) is 6.81. The molecule has 0 fully saturated rings. The Hall–Kier alpha value is -4.06. The van der Waals surface area contributed by atoms with Crippen LogP contribution in [0.3, 0.4) is 0 Å². The van der Waals surface area contributed by atoms with Gasteiger partial charge in [0.25, 0.3) is 0 Å². The van der Waals surface area contributed by atoms with Gasteiger partial charge in [-0.15, -0.1) is 0 Å². The lowest BCUT2D eigenvalue weighted by Gasteiger charge is -2.10. The molecule has 0 unspecified atom stereocenters. The molecule has 0 amide bonds. The Balaban J connectivity index is 1.59. The van der Waals surface area contributed by atoms with Crippen LogP contribution in [0.25, 0.3) is 22.1 Å². The zero-order chi connectivity index (χ0) is 21.8. The van der Waals surface area contributed by atoms with E-state index in [0.29, 0.717) is 22.6 Å². The van der Waals surface area contributed by atoms with Gasteiger partial charge < -0.3 is 18.6 Å². The molecule has 0 radical (unpaired) electrons. The minimum absolute atomic E-state index is 0.152. The molecule has 0 bridgehead atoms. The highest BCUT2D eigenvalue weighted by molar-refractivity contribution is 5.98. The molecule has 4 aromatic rings. The van der Waals surface area contributed by atoms with Crippen LogP contribution in [-0.2, 0) is 0 Å². The van der Waals surface area contributed by atoms with Crippen LogP contribution in [0.1, 0.15) is 10.4 Å². The minimum Gasteiger partial charge on any atom is -0.497 e. The van der Waals surface area contributed by atoms with E-state index in [2.05, 4.69) is 0 Å². The number of hydrogen-bond donors (Lipinski definition) is 0. The van der Waals surface area contributed by atoms with Gasteiger partial charge in [0, 0.05) is 23.1 Å². The summed E-state index contributed by atoms with van der Waals surface area (Å²) in [5, 5.41) is 0.760.